The number of benzene rings is 9. The molecule has 0 bridgehead atoms. The molecule has 0 amide bonds. The molecule has 0 spiro atoms. The Hall–Kier alpha value is -9.03. The number of para-hydroxylation sites is 4. The van der Waals surface area contributed by atoms with Gasteiger partial charge in [-0.05, 0) is 129 Å². The lowest BCUT2D eigenvalue weighted by molar-refractivity contribution is 1.23. The Morgan fingerprint density at radius 1 is 0.370 bits per heavy atom. The first kappa shape index (κ1) is 45.1. The smallest absolute Gasteiger partial charge is 0.0775 e. The summed E-state index contributed by atoms with van der Waals surface area (Å²) >= 11 is 0. The van der Waals surface area contributed by atoms with Gasteiger partial charge >= 0.3 is 0 Å². The van der Waals surface area contributed by atoms with E-state index >= 15 is 0 Å². The largest absolute Gasteiger partial charge is 0.309 e. The van der Waals surface area contributed by atoms with Crippen molar-refractivity contribution in [2.75, 3.05) is 14.7 Å². The number of rotatable bonds is 10. The molecule has 9 aromatic carbocycles. The molecule has 0 radical (unpaired) electrons. The van der Waals surface area contributed by atoms with Crippen molar-refractivity contribution in [3.8, 4) is 22.4 Å². The molecular formula is C68H54N4Si. The molecule has 0 unspecified atom stereocenters. The first-order valence-electron chi connectivity index (χ1n) is 25.1. The van der Waals surface area contributed by atoms with Crippen LogP contribution in [0.3, 0.4) is 0 Å². The van der Waals surface area contributed by atoms with E-state index in [9.17, 15) is 0 Å². The minimum atomic E-state index is -1.42. The van der Waals surface area contributed by atoms with E-state index in [4.69, 9.17) is 4.98 Å². The van der Waals surface area contributed by atoms with Crippen LogP contribution in [0.2, 0.25) is 19.6 Å². The molecule has 2 aliphatic rings. The molecule has 0 atom stereocenters. The van der Waals surface area contributed by atoms with Gasteiger partial charge in [-0.25, -0.2) is 0 Å². The summed E-state index contributed by atoms with van der Waals surface area (Å²) in [5.74, 6) is 0. The summed E-state index contributed by atoms with van der Waals surface area (Å²) in [7, 11) is -1.42. The molecule has 350 valence electrons. The van der Waals surface area contributed by atoms with Gasteiger partial charge in [-0.1, -0.05) is 207 Å². The van der Waals surface area contributed by atoms with Crippen molar-refractivity contribution in [1.82, 2.24) is 4.98 Å². The average molecular weight is 955 g/mol. The van der Waals surface area contributed by atoms with Crippen LogP contribution in [0.1, 0.15) is 33.4 Å². The fourth-order valence-electron chi connectivity index (χ4n) is 10.1. The number of hydrogen-bond donors (Lipinski definition) is 0. The third kappa shape index (κ3) is 9.15. The van der Waals surface area contributed by atoms with Crippen LogP contribution < -0.4 is 19.9 Å². The lowest BCUT2D eigenvalue weighted by atomic mass is 10.0. The van der Waals surface area contributed by atoms with E-state index in [1.54, 1.807) is 0 Å². The maximum Gasteiger partial charge on any atom is 0.0775 e. The van der Waals surface area contributed by atoms with Crippen molar-refractivity contribution < 1.29 is 0 Å². The van der Waals surface area contributed by atoms with Crippen LogP contribution in [0.4, 0.5) is 51.2 Å². The highest BCUT2D eigenvalue weighted by Gasteiger charge is 2.24. The summed E-state index contributed by atoms with van der Waals surface area (Å²) in [6.07, 6.45) is 15.5. The van der Waals surface area contributed by atoms with E-state index in [1.807, 2.05) is 18.3 Å². The number of anilines is 9. The molecule has 10 aromatic rings. The van der Waals surface area contributed by atoms with Crippen molar-refractivity contribution in [2.24, 2.45) is 0 Å². The molecule has 12 rings (SSSR count). The fourth-order valence-corrected chi connectivity index (χ4v) is 11.2. The SMILES string of the molecule is C[Si](C)(C)c1ccc(-c2ccc3c(c2)N(c2ccccc2)c2cc(/C=C/c4ccc5c(c4)N(c4ccccc4)c4cc(-c6ccc(N(c7ccccc7)c7ccccc7)cn6)ccc4C=C5)ccc2C=C3)cc1. The minimum absolute atomic E-state index is 0.906. The van der Waals surface area contributed by atoms with E-state index in [2.05, 4.69) is 289 Å². The van der Waals surface area contributed by atoms with Gasteiger partial charge in [0.05, 0.1) is 48.4 Å². The summed E-state index contributed by atoms with van der Waals surface area (Å²) in [6, 6.07) is 83.1. The number of nitrogens with zero attached hydrogens (tertiary/aromatic N) is 4. The Morgan fingerprint density at radius 3 is 1.23 bits per heavy atom. The van der Waals surface area contributed by atoms with E-state index in [1.165, 1.54) is 27.4 Å². The van der Waals surface area contributed by atoms with Gasteiger partial charge in [0.25, 0.3) is 0 Å². The van der Waals surface area contributed by atoms with Gasteiger partial charge < -0.3 is 14.7 Å². The van der Waals surface area contributed by atoms with Crippen LogP contribution in [0.5, 0.6) is 0 Å². The fraction of sp³-hybridized carbons (Fsp3) is 0.0441. The number of aromatic nitrogens is 1. The number of hydrogen-bond acceptors (Lipinski definition) is 4. The van der Waals surface area contributed by atoms with Gasteiger partial charge in [-0.3, -0.25) is 4.98 Å². The van der Waals surface area contributed by atoms with Crippen molar-refractivity contribution in [1.29, 1.82) is 0 Å². The molecule has 0 saturated heterocycles. The molecule has 2 aliphatic heterocycles. The summed E-state index contributed by atoms with van der Waals surface area (Å²) in [5.41, 5.74) is 21.1. The molecule has 0 saturated carbocycles. The van der Waals surface area contributed by atoms with Crippen molar-refractivity contribution in [3.05, 3.63) is 270 Å². The van der Waals surface area contributed by atoms with E-state index < -0.39 is 8.07 Å². The monoisotopic (exact) mass is 954 g/mol. The molecule has 73 heavy (non-hydrogen) atoms. The van der Waals surface area contributed by atoms with Crippen molar-refractivity contribution in [3.63, 3.8) is 0 Å². The van der Waals surface area contributed by atoms with Crippen LogP contribution in [0.25, 0.3) is 58.8 Å². The standard InChI is InChI=1S/C68H54N4Si/c1-73(2,3)63-41-38-51(39-42-63)56-36-34-54-32-30-52-28-26-49(44-65(52)71(67(54)46-56)60-20-12-6-13-21-60)24-25-50-27-29-53-31-33-55-35-37-57(47-68(55)72(66(53)45-50)61-22-14-7-15-23-61)64-43-40-62(48-69-64)70(58-16-8-4-9-17-58)59-18-10-5-11-19-59/h4-48H,1-3H3/b25-24+. The van der Waals surface area contributed by atoms with Crippen molar-refractivity contribution in [2.45, 2.75) is 19.6 Å². The summed E-state index contributed by atoms with van der Waals surface area (Å²) in [6.45, 7) is 7.21. The van der Waals surface area contributed by atoms with Crippen molar-refractivity contribution >= 4 is 101 Å². The van der Waals surface area contributed by atoms with Gasteiger partial charge in [0.2, 0.25) is 0 Å². The molecule has 0 N–H and O–H groups in total. The lowest BCUT2D eigenvalue weighted by Crippen LogP contribution is -2.37. The highest BCUT2D eigenvalue weighted by atomic mass is 28.3. The number of fused-ring (bicyclic) bond motifs is 4. The van der Waals surface area contributed by atoms with E-state index in [0.717, 1.165) is 84.7 Å². The molecular weight excluding hydrogens is 901 g/mol. The maximum atomic E-state index is 5.10. The molecule has 5 heteroatoms. The summed E-state index contributed by atoms with van der Waals surface area (Å²) in [5, 5.41) is 1.47. The Labute approximate surface area is 430 Å². The Bertz CT molecular complexity index is 3650. The van der Waals surface area contributed by atoms with Crippen LogP contribution in [0.15, 0.2) is 237 Å². The first-order valence-corrected chi connectivity index (χ1v) is 28.6. The summed E-state index contributed by atoms with van der Waals surface area (Å²) in [4.78, 5) is 12.2. The second-order valence-corrected chi connectivity index (χ2v) is 24.8. The number of pyridine rings is 1. The third-order valence-electron chi connectivity index (χ3n) is 13.9. The molecule has 0 aliphatic carbocycles. The summed E-state index contributed by atoms with van der Waals surface area (Å²) < 4.78 is 0. The van der Waals surface area contributed by atoms with Gasteiger partial charge in [0.15, 0.2) is 0 Å². The van der Waals surface area contributed by atoms with Crippen LogP contribution in [0, 0.1) is 0 Å². The minimum Gasteiger partial charge on any atom is -0.309 e. The highest BCUT2D eigenvalue weighted by molar-refractivity contribution is 6.88. The maximum absolute atomic E-state index is 5.10. The van der Waals surface area contributed by atoms with Crippen LogP contribution in [-0.2, 0) is 0 Å². The van der Waals surface area contributed by atoms with Crippen LogP contribution in [-0.4, -0.2) is 13.1 Å². The lowest BCUT2D eigenvalue weighted by Gasteiger charge is -2.28. The second kappa shape index (κ2) is 19.3. The molecule has 0 fully saturated rings. The topological polar surface area (TPSA) is 22.6 Å². The van der Waals surface area contributed by atoms with Gasteiger partial charge in [-0.2, -0.15) is 0 Å². The normalized spacial score (nSPS) is 12.6. The third-order valence-corrected chi connectivity index (χ3v) is 16.0. The molecule has 4 nitrogen and oxygen atoms in total. The average Bonchev–Trinajstić information content (AvgIpc) is 3.70. The predicted octanol–water partition coefficient (Wildman–Crippen LogP) is 18.5. The zero-order valence-corrected chi connectivity index (χ0v) is 42.3. The predicted molar refractivity (Wildman–Crippen MR) is 315 cm³/mol. The van der Waals surface area contributed by atoms with Gasteiger partial charge in [0.1, 0.15) is 0 Å². The zero-order valence-electron chi connectivity index (χ0n) is 41.3. The molecule has 3 heterocycles. The zero-order chi connectivity index (χ0) is 49.3. The second-order valence-electron chi connectivity index (χ2n) is 19.8. The van der Waals surface area contributed by atoms with Gasteiger partial charge in [0, 0.05) is 28.3 Å². The van der Waals surface area contributed by atoms with E-state index in [-0.39, 0.29) is 0 Å². The van der Waals surface area contributed by atoms with Gasteiger partial charge in [-0.15, -0.1) is 0 Å². The molecule has 1 aromatic heterocycles. The quantitative estimate of drug-likeness (QED) is 0.101. The Balaban J connectivity index is 0.883. The Morgan fingerprint density at radius 2 is 0.781 bits per heavy atom. The Kier molecular flexibility index (Phi) is 11.9. The first-order chi connectivity index (χ1) is 35.8. The highest BCUT2D eigenvalue weighted by Crippen LogP contribution is 2.46. The van der Waals surface area contributed by atoms with Crippen LogP contribution >= 0.6 is 0 Å². The van der Waals surface area contributed by atoms with E-state index in [0.29, 0.717) is 0 Å².